The number of carbonyl (C=O) groups excluding carboxylic acids is 4. The minimum absolute atomic E-state index is 0.104. The summed E-state index contributed by atoms with van der Waals surface area (Å²) < 4.78 is 68.6. The Morgan fingerprint density at radius 3 is 0.732 bits per heavy atom. The average molecular weight is 1420 g/mol. The summed E-state index contributed by atoms with van der Waals surface area (Å²) in [6.07, 6.45) is 58.3. The van der Waals surface area contributed by atoms with E-state index in [1.165, 1.54) is 218 Å². The van der Waals surface area contributed by atoms with Crippen molar-refractivity contribution >= 4 is 39.5 Å². The quantitative estimate of drug-likeness (QED) is 0.0222. The molecule has 0 aromatic heterocycles. The van der Waals surface area contributed by atoms with Crippen molar-refractivity contribution < 1.29 is 80.2 Å². The molecular weight excluding hydrogens is 1270 g/mol. The maximum absolute atomic E-state index is 13.1. The Bertz CT molecular complexity index is 1880. The molecule has 97 heavy (non-hydrogen) atoms. The van der Waals surface area contributed by atoms with Gasteiger partial charge in [-0.2, -0.15) is 0 Å². The van der Waals surface area contributed by atoms with Gasteiger partial charge in [0, 0.05) is 25.7 Å². The Hall–Kier alpha value is -1.94. The zero-order valence-corrected chi connectivity index (χ0v) is 65.2. The number of esters is 4. The molecule has 3 N–H and O–H groups in total. The minimum Gasteiger partial charge on any atom is -0.462 e. The average Bonchev–Trinajstić information content (AvgIpc) is 1.79. The molecule has 0 heterocycles. The third kappa shape index (κ3) is 69.5. The molecule has 7 atom stereocenters. The highest BCUT2D eigenvalue weighted by molar-refractivity contribution is 7.47. The van der Waals surface area contributed by atoms with Gasteiger partial charge < -0.3 is 33.8 Å². The van der Waals surface area contributed by atoms with E-state index in [1.807, 2.05) is 0 Å². The van der Waals surface area contributed by atoms with Crippen LogP contribution >= 0.6 is 15.6 Å². The van der Waals surface area contributed by atoms with Gasteiger partial charge in [0.05, 0.1) is 26.4 Å². The summed E-state index contributed by atoms with van der Waals surface area (Å²) in [7, 11) is -9.91. The maximum Gasteiger partial charge on any atom is 0.472 e. The maximum atomic E-state index is 13.1. The fraction of sp³-hybridized carbons (Fsp3) is 0.949. The molecule has 0 aliphatic heterocycles. The van der Waals surface area contributed by atoms with E-state index in [9.17, 15) is 43.2 Å². The predicted molar refractivity (Wildman–Crippen MR) is 395 cm³/mol. The summed E-state index contributed by atoms with van der Waals surface area (Å²) in [4.78, 5) is 72.9. The number of phosphoric acid groups is 2. The number of rotatable bonds is 77. The van der Waals surface area contributed by atoms with Crippen molar-refractivity contribution in [3.63, 3.8) is 0 Å². The van der Waals surface area contributed by atoms with Gasteiger partial charge in [0.2, 0.25) is 0 Å². The topological polar surface area (TPSA) is 237 Å². The molecule has 0 saturated carbocycles. The summed E-state index contributed by atoms with van der Waals surface area (Å²) in [5.41, 5.74) is 0. The molecule has 0 rings (SSSR count). The second-order valence-electron chi connectivity index (χ2n) is 28.6. The standard InChI is InChI=1S/C78H152O17P2/c1-7-11-13-15-17-19-21-23-25-27-28-29-31-33-35-37-42-50-56-62-77(82)94-73(66-88-75(80)60-54-48-41-36-34-32-30-26-24-22-20-18-16-14-12-8-2)68-92-96(84,85)90-64-72(79)65-91-97(86,87)93-69-74(67-89-76(81)61-55-49-45-44-47-53-59-71(6)10-4)95-78(83)63-57-51-43-39-38-40-46-52-58-70(5)9-3/h70-74,79H,7-69H2,1-6H3,(H,84,85)(H,86,87)/t70?,71?,72-,73-,74-/m1/s1. The summed E-state index contributed by atoms with van der Waals surface area (Å²) in [6.45, 7) is 9.57. The van der Waals surface area contributed by atoms with Crippen LogP contribution in [0.4, 0.5) is 0 Å². The van der Waals surface area contributed by atoms with Crippen molar-refractivity contribution in [2.75, 3.05) is 39.6 Å². The van der Waals surface area contributed by atoms with Crippen molar-refractivity contribution in [2.24, 2.45) is 11.8 Å². The van der Waals surface area contributed by atoms with Gasteiger partial charge in [-0.25, -0.2) is 9.13 Å². The van der Waals surface area contributed by atoms with Gasteiger partial charge in [-0.05, 0) is 37.5 Å². The molecule has 0 spiro atoms. The van der Waals surface area contributed by atoms with Crippen LogP contribution in [-0.2, 0) is 65.4 Å². The third-order valence-corrected chi connectivity index (χ3v) is 20.8. The van der Waals surface area contributed by atoms with E-state index >= 15 is 0 Å². The molecule has 0 aliphatic rings. The lowest BCUT2D eigenvalue weighted by Gasteiger charge is -2.21. The Kier molecular flexibility index (Phi) is 68.4. The molecule has 19 heteroatoms. The molecule has 0 bridgehead atoms. The van der Waals surface area contributed by atoms with Gasteiger partial charge in [-0.1, -0.05) is 356 Å². The lowest BCUT2D eigenvalue weighted by Crippen LogP contribution is -2.30. The first kappa shape index (κ1) is 95.1. The van der Waals surface area contributed by atoms with Gasteiger partial charge in [-0.3, -0.25) is 37.3 Å². The van der Waals surface area contributed by atoms with Crippen LogP contribution in [0, 0.1) is 11.8 Å². The second kappa shape index (κ2) is 69.8. The SMILES string of the molecule is CCCCCCCCCCCCCCCCCCCCCC(=O)O[C@H](COC(=O)CCCCCCCCCCCCCCCCCC)COP(=O)(O)OC[C@@H](O)COP(=O)(O)OC[C@@H](COC(=O)CCCCCCCCC(C)CC)OC(=O)CCCCCCCCCCC(C)CC. The summed E-state index contributed by atoms with van der Waals surface area (Å²) in [5.74, 6) is -0.615. The number of phosphoric ester groups is 2. The Labute approximate surface area is 594 Å². The Morgan fingerprint density at radius 1 is 0.289 bits per heavy atom. The first-order valence-corrected chi connectivity index (χ1v) is 43.6. The number of ether oxygens (including phenoxy) is 4. The van der Waals surface area contributed by atoms with Crippen molar-refractivity contribution in [2.45, 2.75) is 426 Å². The van der Waals surface area contributed by atoms with Crippen molar-refractivity contribution in [1.29, 1.82) is 0 Å². The van der Waals surface area contributed by atoms with Gasteiger partial charge in [0.1, 0.15) is 19.3 Å². The minimum atomic E-state index is -4.96. The highest BCUT2D eigenvalue weighted by Crippen LogP contribution is 2.45. The normalized spacial score (nSPS) is 14.5. The third-order valence-electron chi connectivity index (χ3n) is 18.9. The molecule has 0 aromatic carbocycles. The fourth-order valence-electron chi connectivity index (χ4n) is 11.9. The number of aliphatic hydroxyl groups is 1. The first-order chi connectivity index (χ1) is 46.9. The molecule has 576 valence electrons. The lowest BCUT2D eigenvalue weighted by atomic mass is 9.99. The smallest absolute Gasteiger partial charge is 0.462 e. The molecule has 0 aliphatic carbocycles. The highest BCUT2D eigenvalue weighted by atomic mass is 31.2. The van der Waals surface area contributed by atoms with E-state index in [4.69, 9.17) is 37.0 Å². The fourth-order valence-corrected chi connectivity index (χ4v) is 13.5. The van der Waals surface area contributed by atoms with E-state index in [2.05, 4.69) is 41.5 Å². The number of unbranched alkanes of at least 4 members (excludes halogenated alkanes) is 45. The van der Waals surface area contributed by atoms with Crippen LogP contribution in [0.25, 0.3) is 0 Å². The summed E-state index contributed by atoms with van der Waals surface area (Å²) in [5, 5.41) is 10.6. The van der Waals surface area contributed by atoms with Crippen LogP contribution in [-0.4, -0.2) is 96.7 Å². The largest absolute Gasteiger partial charge is 0.472 e. The van der Waals surface area contributed by atoms with E-state index in [0.717, 1.165) is 108 Å². The first-order valence-electron chi connectivity index (χ1n) is 40.6. The van der Waals surface area contributed by atoms with Crippen LogP contribution in [0.1, 0.15) is 408 Å². The number of carbonyl (C=O) groups is 4. The van der Waals surface area contributed by atoms with E-state index in [0.29, 0.717) is 25.7 Å². The molecular formula is C78H152O17P2. The van der Waals surface area contributed by atoms with E-state index in [1.54, 1.807) is 0 Å². The molecule has 0 fully saturated rings. The van der Waals surface area contributed by atoms with Crippen LogP contribution in [0.2, 0.25) is 0 Å². The molecule has 0 saturated heterocycles. The molecule has 17 nitrogen and oxygen atoms in total. The number of aliphatic hydroxyl groups excluding tert-OH is 1. The molecule has 0 amide bonds. The van der Waals surface area contributed by atoms with Crippen molar-refractivity contribution in [3.8, 4) is 0 Å². The van der Waals surface area contributed by atoms with Crippen LogP contribution < -0.4 is 0 Å². The molecule has 0 aromatic rings. The zero-order valence-electron chi connectivity index (χ0n) is 63.4. The van der Waals surface area contributed by atoms with Crippen LogP contribution in [0.15, 0.2) is 0 Å². The number of hydrogen-bond acceptors (Lipinski definition) is 15. The number of hydrogen-bond donors (Lipinski definition) is 3. The van der Waals surface area contributed by atoms with Crippen molar-refractivity contribution in [1.82, 2.24) is 0 Å². The second-order valence-corrected chi connectivity index (χ2v) is 31.5. The van der Waals surface area contributed by atoms with Crippen molar-refractivity contribution in [3.05, 3.63) is 0 Å². The van der Waals surface area contributed by atoms with E-state index < -0.39 is 97.5 Å². The summed E-state index contributed by atoms with van der Waals surface area (Å²) in [6, 6.07) is 0. The Balaban J connectivity index is 5.24. The monoisotopic (exact) mass is 1420 g/mol. The van der Waals surface area contributed by atoms with Gasteiger partial charge in [0.25, 0.3) is 0 Å². The van der Waals surface area contributed by atoms with Crippen LogP contribution in [0.5, 0.6) is 0 Å². The van der Waals surface area contributed by atoms with Gasteiger partial charge >= 0.3 is 39.5 Å². The zero-order chi connectivity index (χ0) is 71.4. The van der Waals surface area contributed by atoms with Gasteiger partial charge in [0.15, 0.2) is 12.2 Å². The van der Waals surface area contributed by atoms with E-state index in [-0.39, 0.29) is 25.7 Å². The Morgan fingerprint density at radius 2 is 0.495 bits per heavy atom. The van der Waals surface area contributed by atoms with Crippen LogP contribution in [0.3, 0.4) is 0 Å². The van der Waals surface area contributed by atoms with Gasteiger partial charge in [-0.15, -0.1) is 0 Å². The summed E-state index contributed by atoms with van der Waals surface area (Å²) >= 11 is 0. The molecule has 0 radical (unpaired) electrons. The lowest BCUT2D eigenvalue weighted by molar-refractivity contribution is -0.161. The highest BCUT2D eigenvalue weighted by Gasteiger charge is 2.30. The predicted octanol–water partition coefficient (Wildman–Crippen LogP) is 23.1. The molecule has 4 unspecified atom stereocenters.